The lowest BCUT2D eigenvalue weighted by Gasteiger charge is -2.17. The number of amides is 1. The van der Waals surface area contributed by atoms with E-state index in [9.17, 15) is 18.0 Å². The first-order valence-corrected chi connectivity index (χ1v) is 9.23. The Hall–Kier alpha value is -3.62. The summed E-state index contributed by atoms with van der Waals surface area (Å²) >= 11 is 0. The fraction of sp³-hybridized carbons (Fsp3) is 0.190. The largest absolute Gasteiger partial charge is 0.449 e. The molecular weight excluding hydrogens is 395 g/mol. The van der Waals surface area contributed by atoms with Crippen LogP contribution < -0.4 is 5.32 Å². The van der Waals surface area contributed by atoms with Crippen LogP contribution in [0.5, 0.6) is 0 Å². The van der Waals surface area contributed by atoms with Crippen molar-refractivity contribution in [3.63, 3.8) is 0 Å². The molecule has 30 heavy (non-hydrogen) atoms. The van der Waals surface area contributed by atoms with E-state index < -0.39 is 24.5 Å². The van der Waals surface area contributed by atoms with E-state index in [1.165, 1.54) is 12.1 Å². The Morgan fingerprint density at radius 2 is 1.87 bits per heavy atom. The molecule has 2 aromatic carbocycles. The molecular formula is C21H18F3N5O. The van der Waals surface area contributed by atoms with Gasteiger partial charge in [-0.3, -0.25) is 4.79 Å². The molecule has 0 unspecified atom stereocenters. The highest BCUT2D eigenvalue weighted by Gasteiger charge is 2.38. The summed E-state index contributed by atoms with van der Waals surface area (Å²) in [7, 11) is 0. The van der Waals surface area contributed by atoms with E-state index in [2.05, 4.69) is 15.3 Å². The zero-order valence-corrected chi connectivity index (χ0v) is 16.0. The van der Waals surface area contributed by atoms with Crippen LogP contribution in [0.4, 0.5) is 13.2 Å². The van der Waals surface area contributed by atoms with Gasteiger partial charge in [-0.1, -0.05) is 24.3 Å². The number of rotatable bonds is 5. The van der Waals surface area contributed by atoms with Crippen LogP contribution in [0.2, 0.25) is 0 Å². The molecule has 1 amide bonds. The lowest BCUT2D eigenvalue weighted by molar-refractivity contribution is -0.147. The van der Waals surface area contributed by atoms with Gasteiger partial charge in [-0.15, -0.1) is 0 Å². The Morgan fingerprint density at radius 3 is 2.53 bits per heavy atom. The minimum absolute atomic E-state index is 0.195. The van der Waals surface area contributed by atoms with Crippen LogP contribution in [0, 0.1) is 0 Å². The summed E-state index contributed by atoms with van der Waals surface area (Å²) in [4.78, 5) is 20.2. The Kier molecular flexibility index (Phi) is 5.03. The highest BCUT2D eigenvalue weighted by Crippen LogP contribution is 2.31. The van der Waals surface area contributed by atoms with Crippen molar-refractivity contribution in [3.05, 3.63) is 78.6 Å². The Balaban J connectivity index is 1.51. The molecule has 4 aromatic rings. The summed E-state index contributed by atoms with van der Waals surface area (Å²) in [6, 6.07) is 13.3. The molecule has 0 saturated heterocycles. The third kappa shape index (κ3) is 3.91. The van der Waals surface area contributed by atoms with Crippen molar-refractivity contribution >= 4 is 16.9 Å². The van der Waals surface area contributed by atoms with Crippen LogP contribution in [0.25, 0.3) is 16.7 Å². The molecule has 0 radical (unpaired) electrons. The smallest absolute Gasteiger partial charge is 0.348 e. The average molecular weight is 413 g/mol. The van der Waals surface area contributed by atoms with Crippen LogP contribution in [-0.2, 0) is 17.5 Å². The van der Waals surface area contributed by atoms with Gasteiger partial charge in [0.1, 0.15) is 6.54 Å². The van der Waals surface area contributed by atoms with Crippen molar-refractivity contribution in [1.82, 2.24) is 24.4 Å². The molecule has 1 atom stereocenters. The standard InChI is InChI=1S/C21H18F3N5O/c1-14(15-6-8-16(9-7-15)28-11-10-25-13-28)26-19(30)12-29-18-5-3-2-4-17(18)27-20(29)21(22,23)24/h2-11,13-14H,12H2,1H3,(H,26,30)/t14-/m1/s1. The molecule has 2 heterocycles. The van der Waals surface area contributed by atoms with Gasteiger partial charge in [0, 0.05) is 18.1 Å². The summed E-state index contributed by atoms with van der Waals surface area (Å²) in [5.74, 6) is -1.62. The van der Waals surface area contributed by atoms with Crippen molar-refractivity contribution in [2.75, 3.05) is 0 Å². The maximum absolute atomic E-state index is 13.4. The third-order valence-electron chi connectivity index (χ3n) is 4.78. The number of hydrogen-bond donors (Lipinski definition) is 1. The number of para-hydroxylation sites is 2. The maximum Gasteiger partial charge on any atom is 0.449 e. The normalized spacial score (nSPS) is 12.8. The highest BCUT2D eigenvalue weighted by molar-refractivity contribution is 5.81. The van der Waals surface area contributed by atoms with Gasteiger partial charge in [-0.2, -0.15) is 13.2 Å². The summed E-state index contributed by atoms with van der Waals surface area (Å²) in [6.45, 7) is 1.30. The molecule has 0 aliphatic carbocycles. The summed E-state index contributed by atoms with van der Waals surface area (Å²) in [5, 5.41) is 2.76. The van der Waals surface area contributed by atoms with E-state index >= 15 is 0 Å². The van der Waals surface area contributed by atoms with Crippen LogP contribution in [-0.4, -0.2) is 25.0 Å². The number of nitrogens with one attached hydrogen (secondary N) is 1. The van der Waals surface area contributed by atoms with Gasteiger partial charge in [0.05, 0.1) is 23.4 Å². The number of hydrogen-bond acceptors (Lipinski definition) is 3. The van der Waals surface area contributed by atoms with Crippen molar-refractivity contribution in [2.24, 2.45) is 0 Å². The number of imidazole rings is 2. The van der Waals surface area contributed by atoms with E-state index in [1.54, 1.807) is 31.6 Å². The number of halogens is 3. The monoisotopic (exact) mass is 413 g/mol. The quantitative estimate of drug-likeness (QED) is 0.535. The predicted octanol–water partition coefficient (Wildman–Crippen LogP) is 4.12. The minimum atomic E-state index is -4.66. The van der Waals surface area contributed by atoms with Crippen molar-refractivity contribution in [1.29, 1.82) is 0 Å². The molecule has 0 spiro atoms. The van der Waals surface area contributed by atoms with Gasteiger partial charge in [-0.25, -0.2) is 9.97 Å². The molecule has 0 saturated carbocycles. The van der Waals surface area contributed by atoms with Crippen molar-refractivity contribution in [3.8, 4) is 5.69 Å². The van der Waals surface area contributed by atoms with Crippen molar-refractivity contribution < 1.29 is 18.0 Å². The van der Waals surface area contributed by atoms with Gasteiger partial charge in [0.2, 0.25) is 11.7 Å². The molecule has 6 nitrogen and oxygen atoms in total. The Bertz CT molecular complexity index is 1160. The van der Waals surface area contributed by atoms with Crippen LogP contribution in [0.1, 0.15) is 24.4 Å². The number of aromatic nitrogens is 4. The zero-order chi connectivity index (χ0) is 21.3. The lowest BCUT2D eigenvalue weighted by atomic mass is 10.1. The van der Waals surface area contributed by atoms with E-state index in [1.807, 2.05) is 35.0 Å². The molecule has 4 rings (SSSR count). The van der Waals surface area contributed by atoms with E-state index in [-0.39, 0.29) is 17.1 Å². The molecule has 2 aromatic heterocycles. The molecule has 1 N–H and O–H groups in total. The number of carbonyl (C=O) groups excluding carboxylic acids is 1. The van der Waals surface area contributed by atoms with Crippen LogP contribution in [0.3, 0.4) is 0 Å². The zero-order valence-electron chi connectivity index (χ0n) is 16.0. The average Bonchev–Trinajstić information content (AvgIpc) is 3.36. The Morgan fingerprint density at radius 1 is 1.13 bits per heavy atom. The van der Waals surface area contributed by atoms with Gasteiger partial charge in [0.15, 0.2) is 0 Å². The van der Waals surface area contributed by atoms with Crippen molar-refractivity contribution in [2.45, 2.75) is 25.7 Å². The Labute approximate surface area is 170 Å². The fourth-order valence-corrected chi connectivity index (χ4v) is 3.31. The predicted molar refractivity (Wildman–Crippen MR) is 105 cm³/mol. The summed E-state index contributed by atoms with van der Waals surface area (Å²) < 4.78 is 42.9. The maximum atomic E-state index is 13.4. The van der Waals surface area contributed by atoms with E-state index in [0.29, 0.717) is 0 Å². The highest BCUT2D eigenvalue weighted by atomic mass is 19.4. The van der Waals surface area contributed by atoms with Gasteiger partial charge in [0.25, 0.3) is 0 Å². The molecule has 9 heteroatoms. The number of benzene rings is 2. The van der Waals surface area contributed by atoms with E-state index in [4.69, 9.17) is 0 Å². The number of alkyl halides is 3. The molecule has 0 bridgehead atoms. The van der Waals surface area contributed by atoms with Gasteiger partial charge >= 0.3 is 6.18 Å². The molecule has 0 aliphatic rings. The summed E-state index contributed by atoms with van der Waals surface area (Å²) in [6.07, 6.45) is 0.502. The SMILES string of the molecule is C[C@@H](NC(=O)Cn1c(C(F)(F)F)nc2ccccc21)c1ccc(-n2ccnc2)cc1. The van der Waals surface area contributed by atoms with Gasteiger partial charge in [-0.05, 0) is 36.8 Å². The molecule has 0 fully saturated rings. The molecule has 0 aliphatic heterocycles. The second-order valence-electron chi connectivity index (χ2n) is 6.86. The summed E-state index contributed by atoms with van der Waals surface area (Å²) in [5.41, 5.74) is 2.20. The third-order valence-corrected chi connectivity index (χ3v) is 4.78. The fourth-order valence-electron chi connectivity index (χ4n) is 3.31. The second kappa shape index (κ2) is 7.66. The van der Waals surface area contributed by atoms with Crippen LogP contribution in [0.15, 0.2) is 67.3 Å². The van der Waals surface area contributed by atoms with Gasteiger partial charge < -0.3 is 14.5 Å². The number of nitrogens with zero attached hydrogens (tertiary/aromatic N) is 4. The number of carbonyl (C=O) groups is 1. The minimum Gasteiger partial charge on any atom is -0.348 e. The lowest BCUT2D eigenvalue weighted by Crippen LogP contribution is -2.31. The number of fused-ring (bicyclic) bond motifs is 1. The first kappa shape index (κ1) is 19.7. The van der Waals surface area contributed by atoms with E-state index in [0.717, 1.165) is 15.8 Å². The van der Waals surface area contributed by atoms with Crippen LogP contribution >= 0.6 is 0 Å². The first-order chi connectivity index (χ1) is 14.3. The topological polar surface area (TPSA) is 64.7 Å². The first-order valence-electron chi connectivity index (χ1n) is 9.23. The molecule has 154 valence electrons. The second-order valence-corrected chi connectivity index (χ2v) is 6.86.